The normalized spacial score (nSPS) is 11.7. The van der Waals surface area contributed by atoms with Crippen molar-refractivity contribution in [3.8, 4) is 16.9 Å². The summed E-state index contributed by atoms with van der Waals surface area (Å²) in [5, 5.41) is 11.8. The zero-order chi connectivity index (χ0) is 17.9. The number of hydrogen-bond donors (Lipinski definition) is 2. The molecular formula is C17H17ClN2O4. The van der Waals surface area contributed by atoms with E-state index >= 15 is 0 Å². The molecule has 2 aromatic rings. The van der Waals surface area contributed by atoms with Crippen molar-refractivity contribution in [2.24, 2.45) is 0 Å². The van der Waals surface area contributed by atoms with Gasteiger partial charge in [-0.15, -0.1) is 0 Å². The summed E-state index contributed by atoms with van der Waals surface area (Å²) in [6.07, 6.45) is 1.08. The molecule has 0 aliphatic carbocycles. The largest absolute Gasteiger partial charge is 0.496 e. The van der Waals surface area contributed by atoms with Crippen LogP contribution < -0.4 is 10.1 Å². The Labute approximate surface area is 144 Å². The van der Waals surface area contributed by atoms with Gasteiger partial charge in [0.1, 0.15) is 11.4 Å². The van der Waals surface area contributed by atoms with Crippen LogP contribution in [0, 0.1) is 6.92 Å². The number of hydrogen-bond acceptors (Lipinski definition) is 4. The fourth-order valence-corrected chi connectivity index (χ4v) is 2.73. The molecule has 0 saturated carbocycles. The molecule has 0 radical (unpaired) electrons. The van der Waals surface area contributed by atoms with E-state index in [1.165, 1.54) is 7.11 Å². The summed E-state index contributed by atoms with van der Waals surface area (Å²) < 4.78 is 5.54. The van der Waals surface area contributed by atoms with Crippen molar-refractivity contribution in [2.45, 2.75) is 19.9 Å². The molecule has 0 aliphatic heterocycles. The van der Waals surface area contributed by atoms with Crippen LogP contribution in [0.1, 0.15) is 34.6 Å². The lowest BCUT2D eigenvalue weighted by Crippen LogP contribution is -2.25. The van der Waals surface area contributed by atoms with Crippen molar-refractivity contribution in [1.29, 1.82) is 0 Å². The molecule has 24 heavy (non-hydrogen) atoms. The highest BCUT2D eigenvalue weighted by molar-refractivity contribution is 6.32. The number of carbonyl (C=O) groups excluding carboxylic acids is 1. The number of carboxylic acid groups (broad SMARTS) is 1. The first-order valence-corrected chi connectivity index (χ1v) is 7.54. The average molecular weight is 349 g/mol. The first kappa shape index (κ1) is 17.7. The van der Waals surface area contributed by atoms with Gasteiger partial charge in [-0.2, -0.15) is 0 Å². The molecule has 0 spiro atoms. The third kappa shape index (κ3) is 3.49. The maximum Gasteiger partial charge on any atom is 0.405 e. The number of amides is 1. The molecule has 126 valence electrons. The summed E-state index contributed by atoms with van der Waals surface area (Å²) in [6.45, 7) is 3.54. The number of benzene rings is 1. The maximum absolute atomic E-state index is 10.9. The van der Waals surface area contributed by atoms with E-state index in [9.17, 15) is 9.59 Å². The molecule has 1 aromatic heterocycles. The molecule has 1 heterocycles. The number of nitrogens with zero attached hydrogens (tertiary/aromatic N) is 1. The van der Waals surface area contributed by atoms with Gasteiger partial charge in [0.05, 0.1) is 13.2 Å². The van der Waals surface area contributed by atoms with Gasteiger partial charge in [-0.3, -0.25) is 9.78 Å². The first-order valence-electron chi connectivity index (χ1n) is 7.17. The lowest BCUT2D eigenvalue weighted by molar-refractivity contribution is 0.111. The van der Waals surface area contributed by atoms with Crippen LogP contribution in [-0.2, 0) is 0 Å². The van der Waals surface area contributed by atoms with E-state index in [-0.39, 0.29) is 0 Å². The minimum absolute atomic E-state index is 0.318. The van der Waals surface area contributed by atoms with Gasteiger partial charge in [0, 0.05) is 27.9 Å². The molecule has 2 rings (SSSR count). The van der Waals surface area contributed by atoms with Crippen molar-refractivity contribution in [3.63, 3.8) is 0 Å². The van der Waals surface area contributed by atoms with Crippen LogP contribution in [0.15, 0.2) is 24.4 Å². The summed E-state index contributed by atoms with van der Waals surface area (Å²) in [5.74, 6) is 0.513. The molecule has 6 nitrogen and oxygen atoms in total. The first-order chi connectivity index (χ1) is 11.4. The Bertz CT molecular complexity index is 775. The minimum Gasteiger partial charge on any atom is -0.496 e. The van der Waals surface area contributed by atoms with Gasteiger partial charge in [0.2, 0.25) is 0 Å². The number of pyridine rings is 1. The van der Waals surface area contributed by atoms with E-state index in [1.807, 2.05) is 6.92 Å². The van der Waals surface area contributed by atoms with E-state index in [0.29, 0.717) is 33.9 Å². The highest BCUT2D eigenvalue weighted by atomic mass is 35.5. The standard InChI is InChI=1S/C17H17ClN2O4/c1-9-14(18)6-13(10(2)20-17(22)23)16(24-3)15(9)11-4-5-12(8-21)19-7-11/h4-8,10,20H,1-3H3,(H,22,23). The number of halogens is 1. The van der Waals surface area contributed by atoms with Crippen LogP contribution in [0.2, 0.25) is 5.02 Å². The van der Waals surface area contributed by atoms with Crippen LogP contribution in [0.4, 0.5) is 4.79 Å². The van der Waals surface area contributed by atoms with Crippen LogP contribution in [0.3, 0.4) is 0 Å². The van der Waals surface area contributed by atoms with Crippen molar-refractivity contribution in [3.05, 3.63) is 46.2 Å². The zero-order valence-electron chi connectivity index (χ0n) is 13.5. The van der Waals surface area contributed by atoms with Gasteiger partial charge < -0.3 is 15.2 Å². The number of methoxy groups -OCH3 is 1. The maximum atomic E-state index is 10.9. The molecular weight excluding hydrogens is 332 g/mol. The Balaban J connectivity index is 2.66. The molecule has 1 amide bonds. The van der Waals surface area contributed by atoms with Crippen LogP contribution in [0.5, 0.6) is 5.75 Å². The Morgan fingerprint density at radius 1 is 1.46 bits per heavy atom. The van der Waals surface area contributed by atoms with Gasteiger partial charge in [0.25, 0.3) is 0 Å². The molecule has 1 atom stereocenters. The van der Waals surface area contributed by atoms with E-state index in [1.54, 1.807) is 31.3 Å². The highest BCUT2D eigenvalue weighted by Gasteiger charge is 2.21. The lowest BCUT2D eigenvalue weighted by atomic mass is 9.94. The van der Waals surface area contributed by atoms with E-state index in [2.05, 4.69) is 10.3 Å². The molecule has 7 heteroatoms. The third-order valence-electron chi connectivity index (χ3n) is 3.71. The van der Waals surface area contributed by atoms with Gasteiger partial charge in [-0.25, -0.2) is 4.79 Å². The quantitative estimate of drug-likeness (QED) is 0.801. The second kappa shape index (κ2) is 7.31. The number of rotatable bonds is 5. The third-order valence-corrected chi connectivity index (χ3v) is 4.10. The van der Waals surface area contributed by atoms with Crippen LogP contribution in [0.25, 0.3) is 11.1 Å². The lowest BCUT2D eigenvalue weighted by Gasteiger charge is -2.21. The Morgan fingerprint density at radius 3 is 2.67 bits per heavy atom. The van der Waals surface area contributed by atoms with Crippen LogP contribution in [-0.4, -0.2) is 29.6 Å². The smallest absolute Gasteiger partial charge is 0.405 e. The number of ether oxygens (including phenoxy) is 1. The second-order valence-corrected chi connectivity index (χ2v) is 5.65. The summed E-state index contributed by atoms with van der Waals surface area (Å²) >= 11 is 6.33. The molecule has 0 bridgehead atoms. The highest BCUT2D eigenvalue weighted by Crippen LogP contribution is 2.41. The number of carbonyl (C=O) groups is 2. The molecule has 0 fully saturated rings. The predicted octanol–water partition coefficient (Wildman–Crippen LogP) is 3.86. The van der Waals surface area contributed by atoms with Crippen LogP contribution >= 0.6 is 11.6 Å². The van der Waals surface area contributed by atoms with E-state index in [4.69, 9.17) is 21.4 Å². The average Bonchev–Trinajstić information content (AvgIpc) is 2.56. The molecule has 0 aliphatic rings. The van der Waals surface area contributed by atoms with Gasteiger partial charge >= 0.3 is 6.09 Å². The summed E-state index contributed by atoms with van der Waals surface area (Å²) in [7, 11) is 1.51. The zero-order valence-corrected chi connectivity index (χ0v) is 14.2. The molecule has 1 unspecified atom stereocenters. The number of nitrogens with one attached hydrogen (secondary N) is 1. The number of aldehydes is 1. The Kier molecular flexibility index (Phi) is 5.41. The van der Waals surface area contributed by atoms with Crippen molar-refractivity contribution in [1.82, 2.24) is 10.3 Å². The van der Waals surface area contributed by atoms with Gasteiger partial charge in [-0.1, -0.05) is 17.7 Å². The number of aromatic nitrogens is 1. The topological polar surface area (TPSA) is 88.5 Å². The van der Waals surface area contributed by atoms with Crippen molar-refractivity contribution < 1.29 is 19.4 Å². The van der Waals surface area contributed by atoms with E-state index in [0.717, 1.165) is 11.1 Å². The Morgan fingerprint density at radius 2 is 2.17 bits per heavy atom. The molecule has 2 N–H and O–H groups in total. The fourth-order valence-electron chi connectivity index (χ4n) is 2.52. The Hall–Kier alpha value is -2.60. The summed E-state index contributed by atoms with van der Waals surface area (Å²) in [6, 6.07) is 4.52. The second-order valence-electron chi connectivity index (χ2n) is 5.24. The van der Waals surface area contributed by atoms with E-state index < -0.39 is 12.1 Å². The summed E-state index contributed by atoms with van der Waals surface area (Å²) in [5.41, 5.74) is 3.15. The minimum atomic E-state index is -1.14. The van der Waals surface area contributed by atoms with Gasteiger partial charge in [-0.05, 0) is 31.5 Å². The summed E-state index contributed by atoms with van der Waals surface area (Å²) in [4.78, 5) is 25.8. The predicted molar refractivity (Wildman–Crippen MR) is 90.9 cm³/mol. The monoisotopic (exact) mass is 348 g/mol. The molecule has 1 aromatic carbocycles. The van der Waals surface area contributed by atoms with Crippen molar-refractivity contribution in [2.75, 3.05) is 7.11 Å². The SMILES string of the molecule is COc1c(C(C)NC(=O)O)cc(Cl)c(C)c1-c1ccc(C=O)nc1. The van der Waals surface area contributed by atoms with Gasteiger partial charge in [0.15, 0.2) is 6.29 Å². The molecule has 0 saturated heterocycles. The van der Waals surface area contributed by atoms with Crippen molar-refractivity contribution >= 4 is 24.0 Å². The fraction of sp³-hybridized carbons (Fsp3) is 0.235.